The number of piperidine rings is 4. The summed E-state index contributed by atoms with van der Waals surface area (Å²) in [6.45, 7) is 19.8. The van der Waals surface area contributed by atoms with Gasteiger partial charge in [0.15, 0.2) is 23.3 Å². The van der Waals surface area contributed by atoms with E-state index in [0.717, 1.165) is 198 Å². The summed E-state index contributed by atoms with van der Waals surface area (Å²) < 4.78 is 0. The maximum atomic E-state index is 10.1. The summed E-state index contributed by atoms with van der Waals surface area (Å²) in [5.74, 6) is 2.95. The smallest absolute Gasteiger partial charge is 0.153 e. The first-order chi connectivity index (χ1) is 62.9. The Morgan fingerprint density at radius 1 is 0.305 bits per heavy atom. The fourth-order valence-corrected chi connectivity index (χ4v) is 23.2. The maximum Gasteiger partial charge on any atom is 0.153 e. The molecular weight excluding hydrogens is 1810 g/mol. The highest BCUT2D eigenvalue weighted by Crippen LogP contribution is 2.57. The number of benzene rings is 7. The Kier molecular flexibility index (Phi) is 27.6. The van der Waals surface area contributed by atoms with Crippen LogP contribution in [0.25, 0.3) is 45.0 Å². The van der Waals surface area contributed by atoms with E-state index in [1.807, 2.05) is 88.5 Å². The number of hydrogen-bond acceptors (Lipinski definition) is 21. The molecule has 682 valence electrons. The lowest BCUT2D eigenvalue weighted by molar-refractivity contribution is 0.185. The van der Waals surface area contributed by atoms with Crippen molar-refractivity contribution in [2.45, 2.75) is 176 Å². The topological polar surface area (TPSA) is 314 Å². The fourth-order valence-electron chi connectivity index (χ4n) is 21.6. The van der Waals surface area contributed by atoms with Gasteiger partial charge in [0.2, 0.25) is 0 Å². The molecule has 4 saturated heterocycles. The number of aliphatic hydroxyl groups excluding tert-OH is 4. The number of rotatable bonds is 12. The Balaban J connectivity index is 0.000000122. The highest BCUT2D eigenvalue weighted by molar-refractivity contribution is 6.45. The lowest BCUT2D eigenvalue weighted by Gasteiger charge is -2.43. The van der Waals surface area contributed by atoms with Gasteiger partial charge >= 0.3 is 0 Å². The molecule has 21 nitrogen and oxygen atoms in total. The molecule has 0 amide bonds. The van der Waals surface area contributed by atoms with Crippen LogP contribution in [0.4, 0.5) is 23.3 Å². The summed E-state index contributed by atoms with van der Waals surface area (Å²) >= 11 is 50.5. The van der Waals surface area contributed by atoms with Crippen molar-refractivity contribution >= 4 is 116 Å². The van der Waals surface area contributed by atoms with Crippen LogP contribution in [-0.4, -0.2) is 118 Å². The Bertz CT molecular complexity index is 5900. The van der Waals surface area contributed by atoms with Crippen LogP contribution in [0.5, 0.6) is 0 Å². The molecule has 131 heavy (non-hydrogen) atoms. The van der Waals surface area contributed by atoms with Gasteiger partial charge in [0.1, 0.15) is 22.8 Å². The van der Waals surface area contributed by atoms with E-state index in [-0.39, 0.29) is 72.3 Å². The lowest BCUT2D eigenvalue weighted by Crippen LogP contribution is -2.45. The zero-order chi connectivity index (χ0) is 92.4. The van der Waals surface area contributed by atoms with Crippen LogP contribution < -0.4 is 42.5 Å². The van der Waals surface area contributed by atoms with Crippen LogP contribution in [0.2, 0.25) is 40.2 Å². The maximum absolute atomic E-state index is 10.1. The molecule has 4 fully saturated rings. The number of anilines is 4. The highest BCUT2D eigenvalue weighted by Gasteiger charge is 2.51. The van der Waals surface area contributed by atoms with Crippen molar-refractivity contribution in [3.63, 3.8) is 0 Å². The van der Waals surface area contributed by atoms with E-state index in [2.05, 4.69) is 106 Å². The third-order valence-electron chi connectivity index (χ3n) is 29.1. The second kappa shape index (κ2) is 38.5. The van der Waals surface area contributed by atoms with Crippen LogP contribution in [0.1, 0.15) is 182 Å². The highest BCUT2D eigenvalue weighted by atomic mass is 35.5. The van der Waals surface area contributed by atoms with Gasteiger partial charge in [-0.05, 0) is 216 Å². The Morgan fingerprint density at radius 2 is 0.550 bits per heavy atom. The molecule has 0 bridgehead atoms. The number of pyridine rings is 1. The van der Waals surface area contributed by atoms with Gasteiger partial charge in [-0.25, -0.2) is 39.9 Å². The van der Waals surface area contributed by atoms with Crippen molar-refractivity contribution in [2.75, 3.05) is 72.0 Å². The Hall–Kier alpha value is -8.79. The van der Waals surface area contributed by atoms with Gasteiger partial charge in [0.25, 0.3) is 0 Å². The molecule has 29 heteroatoms. The van der Waals surface area contributed by atoms with Crippen molar-refractivity contribution < 1.29 is 20.4 Å². The first kappa shape index (κ1) is 94.0. The van der Waals surface area contributed by atoms with E-state index in [1.54, 1.807) is 24.3 Å². The molecule has 0 radical (unpaired) electrons. The predicted octanol–water partition coefficient (Wildman–Crippen LogP) is 20.7. The average Bonchev–Trinajstić information content (AvgIpc) is 1.55. The summed E-state index contributed by atoms with van der Waals surface area (Å²) in [4.78, 5) is 52.0. The molecule has 20 rings (SSSR count). The number of aryl methyl sites for hydroxylation is 7. The number of nitrogens with zero attached hydrogens (tertiary/aromatic N) is 13. The third kappa shape index (κ3) is 18.0. The summed E-state index contributed by atoms with van der Waals surface area (Å²) in [5, 5.41) is 44.1. The van der Waals surface area contributed by atoms with Crippen molar-refractivity contribution in [2.24, 2.45) is 44.6 Å². The second-order valence-electron chi connectivity index (χ2n) is 36.9. The minimum absolute atomic E-state index is 0.0310. The molecule has 8 aliphatic rings. The fraction of sp³-hybridized carbons (Fsp3) is 0.382. The van der Waals surface area contributed by atoms with Crippen molar-refractivity contribution in [3.8, 4) is 45.0 Å². The summed E-state index contributed by atoms with van der Waals surface area (Å²) in [6.07, 6.45) is 13.7. The van der Waals surface area contributed by atoms with E-state index in [0.29, 0.717) is 91.3 Å². The first-order valence-electron chi connectivity index (χ1n) is 44.9. The monoisotopic (exact) mass is 1920 g/mol. The van der Waals surface area contributed by atoms with Crippen LogP contribution in [0, 0.1) is 70.1 Å². The number of fused-ring (bicyclic) bond motifs is 4. The van der Waals surface area contributed by atoms with Gasteiger partial charge in [-0.2, -0.15) is 0 Å². The minimum atomic E-state index is -0.204. The Morgan fingerprint density at radius 3 is 0.794 bits per heavy atom. The average molecular weight is 1920 g/mol. The molecule has 4 aliphatic heterocycles. The molecular formula is C102H109Cl8N17O4. The van der Waals surface area contributed by atoms with Gasteiger partial charge < -0.3 is 63.0 Å². The lowest BCUT2D eigenvalue weighted by atomic mass is 9.73. The SMILES string of the molecule is Cc1ccc2c(c1)[C@@H](N)C1(CCN(c3nc(C)c(-c4cccc(Cl)c4Cl)nc3CO)CC1)C2.Cc1ccc2c(c1)[C@@H](N)C1(CCN(c3nc(C)c(-c4cccc(Cl)c4Cl)nc3CO)CC1)C2.Cc1ccc2c(c1)[C@@H](N)C1(CCN(c3nc(C)c(-c4cccc(Cl)c4Cl)nc3CO)CC1)C2.Cc1nc(N2CCC3(CC2)Cc2cccnc2[C@H]3N)c(CO)nc1-c1cccc(Cl)c1Cl. The van der Waals surface area contributed by atoms with Crippen LogP contribution >= 0.6 is 92.8 Å². The van der Waals surface area contributed by atoms with Crippen molar-refractivity contribution in [1.82, 2.24) is 44.9 Å². The molecule has 12 aromatic rings. The van der Waals surface area contributed by atoms with Gasteiger partial charge in [-0.1, -0.05) is 219 Å². The summed E-state index contributed by atoms with van der Waals surface area (Å²) in [7, 11) is 0. The molecule has 0 unspecified atom stereocenters. The molecule has 4 aliphatic carbocycles. The molecule has 4 atom stereocenters. The zero-order valence-corrected chi connectivity index (χ0v) is 80.6. The van der Waals surface area contributed by atoms with Gasteiger partial charge in [0.05, 0.1) is 124 Å². The van der Waals surface area contributed by atoms with E-state index in [1.165, 1.54) is 55.6 Å². The van der Waals surface area contributed by atoms with Crippen molar-refractivity contribution in [1.29, 1.82) is 0 Å². The van der Waals surface area contributed by atoms with E-state index in [4.69, 9.17) is 156 Å². The predicted molar refractivity (Wildman–Crippen MR) is 528 cm³/mol. The normalized spacial score (nSPS) is 19.3. The van der Waals surface area contributed by atoms with E-state index < -0.39 is 0 Å². The number of nitrogens with two attached hydrogens (primary N) is 4. The van der Waals surface area contributed by atoms with Crippen LogP contribution in [-0.2, 0) is 52.1 Å². The number of halogens is 8. The standard InChI is InChI=1S/3C26H28Cl2N4O.C24H25Cl2N5O/c3*1-15-6-7-17-13-26(24(29)19(17)12-15)8-10-32(11-9-26)25-21(14-33)31-23(16(2)30-25)18-4-3-5-20(27)22(18)28;1-14-20(16-5-2-6-17(25)19(16)26)30-18(13-32)23(29-14)31-10-7-24(8-11-31)12-15-4-3-9-28-21(15)22(24)27/h3*3-7,12,24,33H,8-11,13-14,29H2,1-2H3;2-6,9,22,32H,7-8,10-13,27H2,1H3/t3*24-;22-/m1111/s1. The third-order valence-corrected chi connectivity index (χ3v) is 32.4. The van der Waals surface area contributed by atoms with Gasteiger partial charge in [-0.15, -0.1) is 0 Å². The number of hydrogen-bond donors (Lipinski definition) is 8. The van der Waals surface area contributed by atoms with Crippen molar-refractivity contribution in [3.05, 3.63) is 293 Å². The summed E-state index contributed by atoms with van der Waals surface area (Å²) in [6, 6.07) is 46.1. The number of aromatic nitrogens is 9. The molecule has 7 aromatic carbocycles. The molecule has 12 N–H and O–H groups in total. The minimum Gasteiger partial charge on any atom is -0.390 e. The first-order valence-corrected chi connectivity index (χ1v) is 47.9. The summed E-state index contributed by atoms with van der Waals surface area (Å²) in [5.41, 5.74) is 52.1. The molecule has 5 aromatic heterocycles. The van der Waals surface area contributed by atoms with Crippen LogP contribution in [0.15, 0.2) is 146 Å². The quantitative estimate of drug-likeness (QED) is 0.0563. The number of aliphatic hydroxyl groups is 4. The molecule has 0 saturated carbocycles. The second-order valence-corrected chi connectivity index (χ2v) is 40.1. The van der Waals surface area contributed by atoms with E-state index in [9.17, 15) is 20.4 Å². The van der Waals surface area contributed by atoms with Gasteiger partial charge in [0, 0.05) is 98.9 Å². The molecule has 4 spiro atoms. The van der Waals surface area contributed by atoms with Gasteiger partial charge in [-0.3, -0.25) is 4.98 Å². The largest absolute Gasteiger partial charge is 0.390 e. The molecule has 9 heterocycles. The van der Waals surface area contributed by atoms with Crippen LogP contribution in [0.3, 0.4) is 0 Å². The Labute approximate surface area is 805 Å². The van der Waals surface area contributed by atoms with E-state index >= 15 is 0 Å². The zero-order valence-electron chi connectivity index (χ0n) is 74.6.